The van der Waals surface area contributed by atoms with Crippen molar-refractivity contribution >= 4 is 0 Å². The van der Waals surface area contributed by atoms with Crippen molar-refractivity contribution in [1.82, 2.24) is 10.1 Å². The van der Waals surface area contributed by atoms with Crippen LogP contribution in [0.2, 0.25) is 0 Å². The van der Waals surface area contributed by atoms with E-state index in [9.17, 15) is 0 Å². The fraction of sp³-hybridized carbons (Fsp3) is 0.846. The van der Waals surface area contributed by atoms with Gasteiger partial charge in [-0.1, -0.05) is 12.1 Å². The lowest BCUT2D eigenvalue weighted by Gasteiger charge is -2.35. The molecule has 18 heavy (non-hydrogen) atoms. The number of nitrogens with two attached hydrogens (primary N) is 1. The van der Waals surface area contributed by atoms with Crippen molar-refractivity contribution in [1.29, 1.82) is 0 Å². The highest BCUT2D eigenvalue weighted by molar-refractivity contribution is 5.08. The van der Waals surface area contributed by atoms with Gasteiger partial charge in [-0.15, -0.1) is 0 Å². The number of nitrogens with zero attached hydrogens (tertiary/aromatic N) is 2. The van der Waals surface area contributed by atoms with Crippen molar-refractivity contribution in [3.05, 3.63) is 11.7 Å². The lowest BCUT2D eigenvalue weighted by Crippen LogP contribution is -2.39. The lowest BCUT2D eigenvalue weighted by atomic mass is 9.71. The summed E-state index contributed by atoms with van der Waals surface area (Å²) in [6.07, 6.45) is 5.17. The second-order valence-corrected chi connectivity index (χ2v) is 5.43. The van der Waals surface area contributed by atoms with Crippen LogP contribution in [0.3, 0.4) is 0 Å². The Kier molecular flexibility index (Phi) is 4.35. The van der Waals surface area contributed by atoms with Gasteiger partial charge >= 0.3 is 0 Å². The summed E-state index contributed by atoms with van der Waals surface area (Å²) in [6.45, 7) is 3.50. The van der Waals surface area contributed by atoms with Crippen LogP contribution in [0.1, 0.15) is 44.3 Å². The highest BCUT2D eigenvalue weighted by Crippen LogP contribution is 2.39. The molecule has 0 spiro atoms. The Labute approximate surface area is 108 Å². The van der Waals surface area contributed by atoms with Gasteiger partial charge < -0.3 is 15.0 Å². The SMILES string of the molecule is COCCc1noc(C2(CN)CCC(C)CC2)n1. The number of rotatable bonds is 5. The van der Waals surface area contributed by atoms with Crippen molar-refractivity contribution in [2.24, 2.45) is 11.7 Å². The number of methoxy groups -OCH3 is 1. The standard InChI is InChI=1S/C13H23N3O2/c1-10-3-6-13(9-14,7-4-10)12-15-11(16-18-12)5-8-17-2/h10H,3-9,14H2,1-2H3. The maximum Gasteiger partial charge on any atom is 0.234 e. The van der Waals surface area contributed by atoms with Crippen LogP contribution < -0.4 is 5.73 Å². The van der Waals surface area contributed by atoms with Crippen molar-refractivity contribution in [3.8, 4) is 0 Å². The monoisotopic (exact) mass is 253 g/mol. The highest BCUT2D eigenvalue weighted by Gasteiger charge is 2.39. The number of hydrogen-bond acceptors (Lipinski definition) is 5. The molecule has 1 aromatic heterocycles. The summed E-state index contributed by atoms with van der Waals surface area (Å²) in [5.41, 5.74) is 5.88. The third-order valence-electron chi connectivity index (χ3n) is 4.07. The maximum atomic E-state index is 5.97. The minimum absolute atomic E-state index is 0.0924. The Morgan fingerprint density at radius 1 is 1.44 bits per heavy atom. The first-order chi connectivity index (χ1) is 8.70. The molecule has 5 nitrogen and oxygen atoms in total. The molecule has 1 aliphatic carbocycles. The Balaban J connectivity index is 2.09. The van der Waals surface area contributed by atoms with E-state index < -0.39 is 0 Å². The molecule has 0 aliphatic heterocycles. The average molecular weight is 253 g/mol. The Morgan fingerprint density at radius 2 is 2.17 bits per heavy atom. The Hall–Kier alpha value is -0.940. The van der Waals surface area contributed by atoms with Gasteiger partial charge in [-0.2, -0.15) is 4.98 Å². The molecule has 0 saturated heterocycles. The van der Waals surface area contributed by atoms with Crippen LogP contribution in [0.25, 0.3) is 0 Å². The second-order valence-electron chi connectivity index (χ2n) is 5.43. The van der Waals surface area contributed by atoms with Gasteiger partial charge in [-0.3, -0.25) is 0 Å². The van der Waals surface area contributed by atoms with Crippen LogP contribution >= 0.6 is 0 Å². The fourth-order valence-electron chi connectivity index (χ4n) is 2.58. The summed E-state index contributed by atoms with van der Waals surface area (Å²) in [7, 11) is 1.67. The molecule has 0 atom stereocenters. The topological polar surface area (TPSA) is 74.2 Å². The number of aromatic nitrogens is 2. The average Bonchev–Trinajstić information content (AvgIpc) is 2.87. The summed E-state index contributed by atoms with van der Waals surface area (Å²) < 4.78 is 10.5. The van der Waals surface area contributed by atoms with Gasteiger partial charge in [0.15, 0.2) is 5.82 Å². The molecule has 102 valence electrons. The molecule has 2 rings (SSSR count). The van der Waals surface area contributed by atoms with Crippen LogP contribution in [0.5, 0.6) is 0 Å². The van der Waals surface area contributed by atoms with Crippen LogP contribution in [0.4, 0.5) is 0 Å². The van der Waals surface area contributed by atoms with Gasteiger partial charge in [-0.25, -0.2) is 0 Å². The molecule has 0 aromatic carbocycles. The fourth-order valence-corrected chi connectivity index (χ4v) is 2.58. The third-order valence-corrected chi connectivity index (χ3v) is 4.07. The molecule has 1 heterocycles. The Bertz CT molecular complexity index is 370. The van der Waals surface area contributed by atoms with E-state index in [0.29, 0.717) is 19.6 Å². The molecule has 1 aliphatic rings. The van der Waals surface area contributed by atoms with Gasteiger partial charge in [0.2, 0.25) is 5.89 Å². The lowest BCUT2D eigenvalue weighted by molar-refractivity contribution is 0.190. The highest BCUT2D eigenvalue weighted by atomic mass is 16.5. The Morgan fingerprint density at radius 3 is 2.78 bits per heavy atom. The molecule has 1 saturated carbocycles. The zero-order valence-corrected chi connectivity index (χ0v) is 11.3. The van der Waals surface area contributed by atoms with Gasteiger partial charge in [0, 0.05) is 20.1 Å². The van der Waals surface area contributed by atoms with E-state index in [2.05, 4.69) is 17.1 Å². The van der Waals surface area contributed by atoms with Gasteiger partial charge in [0.1, 0.15) is 0 Å². The van der Waals surface area contributed by atoms with Crippen molar-refractivity contribution in [2.75, 3.05) is 20.3 Å². The minimum atomic E-state index is -0.0924. The smallest absolute Gasteiger partial charge is 0.234 e. The first kappa shape index (κ1) is 13.5. The summed E-state index contributed by atoms with van der Waals surface area (Å²) >= 11 is 0. The molecule has 2 N–H and O–H groups in total. The van der Waals surface area contributed by atoms with E-state index >= 15 is 0 Å². The largest absolute Gasteiger partial charge is 0.384 e. The molecule has 1 aromatic rings. The third kappa shape index (κ3) is 2.72. The summed E-state index contributed by atoms with van der Waals surface area (Å²) in [5, 5.41) is 4.02. The van der Waals surface area contributed by atoms with Crippen LogP contribution in [-0.4, -0.2) is 30.4 Å². The first-order valence-electron chi connectivity index (χ1n) is 6.72. The van der Waals surface area contributed by atoms with E-state index in [4.69, 9.17) is 15.0 Å². The maximum absolute atomic E-state index is 5.97. The molecular weight excluding hydrogens is 230 g/mol. The first-order valence-corrected chi connectivity index (χ1v) is 6.72. The molecule has 0 bridgehead atoms. The van der Waals surface area contributed by atoms with Crippen molar-refractivity contribution in [2.45, 2.75) is 44.4 Å². The number of ether oxygens (including phenoxy) is 1. The second kappa shape index (κ2) is 5.80. The predicted molar refractivity (Wildman–Crippen MR) is 68.2 cm³/mol. The quantitative estimate of drug-likeness (QED) is 0.864. The molecule has 0 amide bonds. The molecule has 0 unspecified atom stereocenters. The van der Waals surface area contributed by atoms with E-state index in [1.54, 1.807) is 7.11 Å². The zero-order valence-electron chi connectivity index (χ0n) is 11.3. The normalized spacial score (nSPS) is 28.5. The van der Waals surface area contributed by atoms with E-state index in [1.807, 2.05) is 0 Å². The van der Waals surface area contributed by atoms with Crippen molar-refractivity contribution < 1.29 is 9.26 Å². The molecule has 1 fully saturated rings. The molecular formula is C13H23N3O2. The minimum Gasteiger partial charge on any atom is -0.384 e. The van der Waals surface area contributed by atoms with E-state index in [-0.39, 0.29) is 5.41 Å². The van der Waals surface area contributed by atoms with Crippen LogP contribution in [0, 0.1) is 5.92 Å². The predicted octanol–water partition coefficient (Wildman–Crippen LogP) is 1.67. The number of hydrogen-bond donors (Lipinski definition) is 1. The van der Waals surface area contributed by atoms with Gasteiger partial charge in [-0.05, 0) is 31.6 Å². The van der Waals surface area contributed by atoms with E-state index in [1.165, 1.54) is 12.8 Å². The van der Waals surface area contributed by atoms with Crippen molar-refractivity contribution in [3.63, 3.8) is 0 Å². The van der Waals surface area contributed by atoms with Crippen LogP contribution in [-0.2, 0) is 16.6 Å². The van der Waals surface area contributed by atoms with E-state index in [0.717, 1.165) is 30.5 Å². The molecule has 0 radical (unpaired) electrons. The zero-order chi connectivity index (χ0) is 13.0. The van der Waals surface area contributed by atoms with Gasteiger partial charge in [0.25, 0.3) is 0 Å². The van der Waals surface area contributed by atoms with Crippen LogP contribution in [0.15, 0.2) is 4.52 Å². The summed E-state index contributed by atoms with van der Waals surface area (Å²) in [5.74, 6) is 2.22. The summed E-state index contributed by atoms with van der Waals surface area (Å²) in [4.78, 5) is 4.50. The van der Waals surface area contributed by atoms with Gasteiger partial charge in [0.05, 0.1) is 12.0 Å². The molecule has 5 heteroatoms. The summed E-state index contributed by atoms with van der Waals surface area (Å²) in [6, 6.07) is 0.